The minimum absolute atomic E-state index is 0.592. The Labute approximate surface area is 236 Å². The quantitative estimate of drug-likeness (QED) is 0.331. The van der Waals surface area contributed by atoms with E-state index < -0.39 is 0 Å². The molecule has 8 heteroatoms. The number of benzene rings is 1. The van der Waals surface area contributed by atoms with Crippen molar-refractivity contribution >= 4 is 33.9 Å². The molecular weight excluding hydrogens is 496 g/mol. The van der Waals surface area contributed by atoms with E-state index in [0.29, 0.717) is 5.92 Å². The first-order valence-corrected chi connectivity index (χ1v) is 14.9. The fourth-order valence-corrected chi connectivity index (χ4v) is 6.06. The van der Waals surface area contributed by atoms with Gasteiger partial charge in [-0.05, 0) is 74.5 Å². The Morgan fingerprint density at radius 3 is 2.45 bits per heavy atom. The van der Waals surface area contributed by atoms with Crippen LogP contribution in [0, 0.1) is 0 Å². The second kappa shape index (κ2) is 11.0. The van der Waals surface area contributed by atoms with E-state index in [0.717, 1.165) is 73.5 Å². The lowest BCUT2D eigenvalue weighted by atomic mass is 10.1. The van der Waals surface area contributed by atoms with Crippen LogP contribution in [0.2, 0.25) is 0 Å². The summed E-state index contributed by atoms with van der Waals surface area (Å²) in [6, 6.07) is 12.7. The molecule has 4 aromatic rings. The summed E-state index contributed by atoms with van der Waals surface area (Å²) >= 11 is 0. The van der Waals surface area contributed by atoms with Gasteiger partial charge in [0.1, 0.15) is 11.6 Å². The summed E-state index contributed by atoms with van der Waals surface area (Å²) in [7, 11) is 2.19. The van der Waals surface area contributed by atoms with Crippen LogP contribution in [0.4, 0.5) is 23.0 Å². The fraction of sp³-hybridized carbons (Fsp3) is 0.438. The maximum absolute atomic E-state index is 5.26. The van der Waals surface area contributed by atoms with E-state index in [9.17, 15) is 0 Å². The number of rotatable bonds is 6. The zero-order valence-corrected chi connectivity index (χ0v) is 23.4. The molecule has 1 N–H and O–H groups in total. The lowest BCUT2D eigenvalue weighted by Crippen LogP contribution is -2.44. The third kappa shape index (κ3) is 5.32. The molecule has 0 atom stereocenters. The van der Waals surface area contributed by atoms with Crippen molar-refractivity contribution in [3.05, 3.63) is 60.6 Å². The van der Waals surface area contributed by atoms with Gasteiger partial charge in [-0.2, -0.15) is 0 Å². The second-order valence-corrected chi connectivity index (χ2v) is 11.6. The van der Waals surface area contributed by atoms with Gasteiger partial charge in [0, 0.05) is 74.0 Å². The second-order valence-electron chi connectivity index (χ2n) is 11.6. The molecule has 1 aromatic carbocycles. The molecule has 1 aliphatic carbocycles. The Morgan fingerprint density at radius 1 is 0.825 bits per heavy atom. The van der Waals surface area contributed by atoms with Gasteiger partial charge in [-0.1, -0.05) is 18.9 Å². The van der Waals surface area contributed by atoms with Gasteiger partial charge in [-0.3, -0.25) is 4.98 Å². The first-order valence-electron chi connectivity index (χ1n) is 14.9. The number of piperazine rings is 1. The van der Waals surface area contributed by atoms with E-state index in [1.165, 1.54) is 55.2 Å². The summed E-state index contributed by atoms with van der Waals surface area (Å²) in [5, 5.41) is 4.74. The van der Waals surface area contributed by atoms with Crippen LogP contribution in [0.3, 0.4) is 0 Å². The Hall–Kier alpha value is -3.78. The topological polar surface area (TPSA) is 73.3 Å². The number of fused-ring (bicyclic) bond motifs is 1. The molecule has 0 bridgehead atoms. The Morgan fingerprint density at radius 2 is 1.65 bits per heavy atom. The van der Waals surface area contributed by atoms with E-state index in [1.807, 2.05) is 18.5 Å². The third-order valence-corrected chi connectivity index (χ3v) is 8.54. The summed E-state index contributed by atoms with van der Waals surface area (Å²) in [4.78, 5) is 26.9. The highest BCUT2D eigenvalue weighted by molar-refractivity contribution is 5.94. The van der Waals surface area contributed by atoms with E-state index in [1.54, 1.807) is 0 Å². The normalized spacial score (nSPS) is 18.6. The molecule has 40 heavy (non-hydrogen) atoms. The molecule has 0 amide bonds. The molecule has 1 saturated carbocycles. The molecule has 2 aliphatic heterocycles. The molecule has 2 saturated heterocycles. The number of anilines is 4. The van der Waals surface area contributed by atoms with Crippen LogP contribution >= 0.6 is 0 Å². The summed E-state index contributed by atoms with van der Waals surface area (Å²) in [5.41, 5.74) is 5.50. The molecule has 0 radical (unpaired) electrons. The molecule has 206 valence electrons. The van der Waals surface area contributed by atoms with Crippen LogP contribution in [0.25, 0.3) is 22.3 Å². The zero-order valence-electron chi connectivity index (χ0n) is 23.4. The lowest BCUT2D eigenvalue weighted by Gasteiger charge is -2.34. The van der Waals surface area contributed by atoms with Crippen LogP contribution in [-0.2, 0) is 0 Å². The van der Waals surface area contributed by atoms with Crippen molar-refractivity contribution in [1.29, 1.82) is 0 Å². The summed E-state index contributed by atoms with van der Waals surface area (Å²) < 4.78 is 0. The predicted molar refractivity (Wildman–Crippen MR) is 163 cm³/mol. The van der Waals surface area contributed by atoms with Crippen LogP contribution in [0.5, 0.6) is 0 Å². The maximum Gasteiger partial charge on any atom is 0.162 e. The standard InChI is InChI=1S/C32H38N8/c1-38-15-17-39(18-16-38)26-8-6-7-25(20-26)35-29-19-24(11-12-34-29)31-36-28-22-33-21-27(23-9-10-23)30(28)32(37-31)40-13-4-2-3-5-14-40/h6-8,11-12,19-23H,2-5,9-10,13-18H2,1H3,(H,34,35). The number of likely N-dealkylation sites (N-methyl/N-ethyl adjacent to an activating group) is 1. The van der Waals surface area contributed by atoms with E-state index in [4.69, 9.17) is 9.97 Å². The minimum Gasteiger partial charge on any atom is -0.369 e. The Balaban J connectivity index is 1.21. The van der Waals surface area contributed by atoms with E-state index in [2.05, 4.69) is 73.6 Å². The van der Waals surface area contributed by atoms with E-state index in [-0.39, 0.29) is 0 Å². The lowest BCUT2D eigenvalue weighted by molar-refractivity contribution is 0.313. The first kappa shape index (κ1) is 25.2. The average molecular weight is 535 g/mol. The predicted octanol–water partition coefficient (Wildman–Crippen LogP) is 5.84. The molecule has 3 aliphatic rings. The van der Waals surface area contributed by atoms with Crippen molar-refractivity contribution in [2.75, 3.05) is 61.4 Å². The van der Waals surface area contributed by atoms with Gasteiger partial charge in [-0.25, -0.2) is 15.0 Å². The minimum atomic E-state index is 0.592. The molecular formula is C32H38N8. The molecule has 7 rings (SSSR count). The summed E-state index contributed by atoms with van der Waals surface area (Å²) in [5.74, 6) is 3.20. The van der Waals surface area contributed by atoms with Crippen molar-refractivity contribution in [2.45, 2.75) is 44.4 Å². The monoisotopic (exact) mass is 534 g/mol. The number of hydrogen-bond acceptors (Lipinski definition) is 8. The van der Waals surface area contributed by atoms with Crippen molar-refractivity contribution in [3.63, 3.8) is 0 Å². The maximum atomic E-state index is 5.26. The van der Waals surface area contributed by atoms with Crippen molar-refractivity contribution in [2.24, 2.45) is 0 Å². The average Bonchev–Trinajstić information content (AvgIpc) is 3.85. The summed E-state index contributed by atoms with van der Waals surface area (Å²) in [6.45, 7) is 6.36. The number of pyridine rings is 2. The fourth-order valence-electron chi connectivity index (χ4n) is 6.06. The van der Waals surface area contributed by atoms with Crippen molar-refractivity contribution in [3.8, 4) is 11.4 Å². The van der Waals surface area contributed by atoms with Gasteiger partial charge < -0.3 is 20.0 Å². The smallest absolute Gasteiger partial charge is 0.162 e. The number of hydrogen-bond donors (Lipinski definition) is 1. The number of nitrogens with zero attached hydrogens (tertiary/aromatic N) is 7. The van der Waals surface area contributed by atoms with E-state index >= 15 is 0 Å². The summed E-state index contributed by atoms with van der Waals surface area (Å²) in [6.07, 6.45) is 13.3. The molecule has 3 fully saturated rings. The first-order chi connectivity index (χ1) is 19.7. The van der Waals surface area contributed by atoms with Crippen molar-refractivity contribution in [1.82, 2.24) is 24.8 Å². The highest BCUT2D eigenvalue weighted by Gasteiger charge is 2.29. The molecule has 5 heterocycles. The highest BCUT2D eigenvalue weighted by Crippen LogP contribution is 2.45. The van der Waals surface area contributed by atoms with Crippen molar-refractivity contribution < 1.29 is 0 Å². The van der Waals surface area contributed by atoms with Crippen LogP contribution in [-0.4, -0.2) is 71.2 Å². The highest BCUT2D eigenvalue weighted by atomic mass is 15.2. The molecule has 3 aromatic heterocycles. The van der Waals surface area contributed by atoms with Gasteiger partial charge in [0.2, 0.25) is 0 Å². The van der Waals surface area contributed by atoms with Crippen LogP contribution in [0.1, 0.15) is 50.0 Å². The van der Waals surface area contributed by atoms with Gasteiger partial charge in [0.15, 0.2) is 5.82 Å². The number of nitrogens with one attached hydrogen (secondary N) is 1. The third-order valence-electron chi connectivity index (χ3n) is 8.54. The largest absolute Gasteiger partial charge is 0.369 e. The molecule has 0 spiro atoms. The number of aromatic nitrogens is 4. The SMILES string of the molecule is CN1CCN(c2cccc(Nc3cc(-c4nc(N5CCCCCC5)c5c(C6CC6)cncc5n4)ccn3)c2)CC1. The molecule has 8 nitrogen and oxygen atoms in total. The Kier molecular flexibility index (Phi) is 6.93. The van der Waals surface area contributed by atoms with Crippen LogP contribution < -0.4 is 15.1 Å². The van der Waals surface area contributed by atoms with Gasteiger partial charge in [0.05, 0.1) is 11.7 Å². The Bertz CT molecular complexity index is 1480. The van der Waals surface area contributed by atoms with Gasteiger partial charge in [-0.15, -0.1) is 0 Å². The zero-order chi connectivity index (χ0) is 26.9. The van der Waals surface area contributed by atoms with Gasteiger partial charge >= 0.3 is 0 Å². The molecule has 0 unspecified atom stereocenters. The van der Waals surface area contributed by atoms with Crippen LogP contribution in [0.15, 0.2) is 55.0 Å². The van der Waals surface area contributed by atoms with Gasteiger partial charge in [0.25, 0.3) is 0 Å².